The topological polar surface area (TPSA) is 101 Å². The maximum Gasteiger partial charge on any atom is 0.243 e. The molecule has 0 aliphatic heterocycles. The molecule has 0 heterocycles. The first-order valence-corrected chi connectivity index (χ1v) is 8.26. The molecule has 1 rings (SSSR count). The molecule has 0 saturated heterocycles. The quantitative estimate of drug-likeness (QED) is 0.555. The minimum absolute atomic E-state index is 0.0957. The van der Waals surface area contributed by atoms with E-state index in [1.807, 2.05) is 30.3 Å². The van der Waals surface area contributed by atoms with Crippen LogP contribution in [0.1, 0.15) is 38.7 Å². The minimum atomic E-state index is -0.707. The average Bonchev–Trinajstić information content (AvgIpc) is 2.53. The minimum Gasteiger partial charge on any atom is -0.345 e. The Morgan fingerprint density at radius 3 is 2.21 bits per heavy atom. The number of rotatable bonds is 10. The van der Waals surface area contributed by atoms with Crippen molar-refractivity contribution in [3.63, 3.8) is 0 Å². The molecule has 132 valence electrons. The predicted molar refractivity (Wildman–Crippen MR) is 93.3 cm³/mol. The van der Waals surface area contributed by atoms with Crippen LogP contribution in [0.15, 0.2) is 30.3 Å². The van der Waals surface area contributed by atoms with E-state index in [0.29, 0.717) is 19.4 Å². The Bertz CT molecular complexity index is 546. The normalized spacial score (nSPS) is 13.0. The number of carbonyl (C=O) groups is 3. The summed E-state index contributed by atoms with van der Waals surface area (Å²) in [7, 11) is 0. The van der Waals surface area contributed by atoms with Gasteiger partial charge in [-0.2, -0.15) is 0 Å². The zero-order chi connectivity index (χ0) is 17.9. The first-order chi connectivity index (χ1) is 11.4. The molecule has 6 nitrogen and oxygen atoms in total. The zero-order valence-electron chi connectivity index (χ0n) is 14.4. The van der Waals surface area contributed by atoms with Gasteiger partial charge in [-0.05, 0) is 38.3 Å². The molecule has 0 aliphatic rings. The summed E-state index contributed by atoms with van der Waals surface area (Å²) < 4.78 is 0. The average molecular weight is 333 g/mol. The molecule has 24 heavy (non-hydrogen) atoms. The summed E-state index contributed by atoms with van der Waals surface area (Å²) in [5.41, 5.74) is 6.40. The van der Waals surface area contributed by atoms with Crippen molar-refractivity contribution >= 4 is 17.6 Å². The second-order valence-corrected chi connectivity index (χ2v) is 5.90. The smallest absolute Gasteiger partial charge is 0.243 e. The Morgan fingerprint density at radius 1 is 1.00 bits per heavy atom. The third-order valence-corrected chi connectivity index (χ3v) is 3.73. The summed E-state index contributed by atoms with van der Waals surface area (Å²) in [6, 6.07) is 8.18. The molecule has 0 aliphatic carbocycles. The van der Waals surface area contributed by atoms with Gasteiger partial charge in [0.2, 0.25) is 11.8 Å². The molecular weight excluding hydrogens is 306 g/mol. The van der Waals surface area contributed by atoms with E-state index < -0.39 is 12.1 Å². The molecular formula is C18H27N3O3. The van der Waals surface area contributed by atoms with E-state index in [2.05, 4.69) is 10.6 Å². The monoisotopic (exact) mass is 333 g/mol. The summed E-state index contributed by atoms with van der Waals surface area (Å²) in [4.78, 5) is 35.7. The fourth-order valence-corrected chi connectivity index (χ4v) is 2.45. The van der Waals surface area contributed by atoms with Gasteiger partial charge >= 0.3 is 0 Å². The fourth-order valence-electron chi connectivity index (χ4n) is 2.45. The summed E-state index contributed by atoms with van der Waals surface area (Å²) in [5, 5.41) is 5.41. The van der Waals surface area contributed by atoms with Crippen LogP contribution in [0.25, 0.3) is 0 Å². The van der Waals surface area contributed by atoms with E-state index >= 15 is 0 Å². The molecule has 6 heteroatoms. The number of nitrogens with two attached hydrogens (primary N) is 1. The van der Waals surface area contributed by atoms with Crippen LogP contribution in [0.5, 0.6) is 0 Å². The Kier molecular flexibility index (Phi) is 8.71. The fraction of sp³-hybridized carbons (Fsp3) is 0.500. The molecule has 1 unspecified atom stereocenters. The number of hydrogen-bond acceptors (Lipinski definition) is 4. The maximum atomic E-state index is 12.5. The van der Waals surface area contributed by atoms with Crippen molar-refractivity contribution in [2.75, 3.05) is 6.54 Å². The summed E-state index contributed by atoms with van der Waals surface area (Å²) in [6.07, 6.45) is 2.50. The van der Waals surface area contributed by atoms with Crippen molar-refractivity contribution in [1.82, 2.24) is 10.6 Å². The predicted octanol–water partition coefficient (Wildman–Crippen LogP) is 0.937. The van der Waals surface area contributed by atoms with Crippen LogP contribution < -0.4 is 16.4 Å². The van der Waals surface area contributed by atoms with E-state index in [1.165, 1.54) is 13.8 Å². The van der Waals surface area contributed by atoms with Gasteiger partial charge in [-0.15, -0.1) is 0 Å². The first-order valence-electron chi connectivity index (χ1n) is 8.26. The molecule has 1 aromatic carbocycles. The molecule has 1 aromatic rings. The highest BCUT2D eigenvalue weighted by Gasteiger charge is 2.24. The first kappa shape index (κ1) is 19.8. The van der Waals surface area contributed by atoms with Gasteiger partial charge in [-0.3, -0.25) is 14.4 Å². The van der Waals surface area contributed by atoms with Crippen LogP contribution in [0.2, 0.25) is 0 Å². The lowest BCUT2D eigenvalue weighted by molar-refractivity contribution is -0.130. The van der Waals surface area contributed by atoms with Crippen molar-refractivity contribution in [3.05, 3.63) is 35.9 Å². The Balaban J connectivity index is 2.74. The highest BCUT2D eigenvalue weighted by Crippen LogP contribution is 2.06. The van der Waals surface area contributed by atoms with Gasteiger partial charge in [0.25, 0.3) is 0 Å². The summed E-state index contributed by atoms with van der Waals surface area (Å²) in [5.74, 6) is -0.725. The number of amides is 2. The lowest BCUT2D eigenvalue weighted by Gasteiger charge is -2.22. The number of nitrogens with one attached hydrogen (secondary N) is 2. The van der Waals surface area contributed by atoms with Crippen LogP contribution in [-0.2, 0) is 20.8 Å². The van der Waals surface area contributed by atoms with Crippen LogP contribution in [0.4, 0.5) is 0 Å². The second kappa shape index (κ2) is 10.5. The van der Waals surface area contributed by atoms with Gasteiger partial charge in [-0.25, -0.2) is 0 Å². The van der Waals surface area contributed by atoms with Crippen molar-refractivity contribution in [2.45, 2.75) is 51.6 Å². The molecule has 0 saturated carbocycles. The van der Waals surface area contributed by atoms with E-state index in [-0.39, 0.29) is 17.6 Å². The van der Waals surface area contributed by atoms with Gasteiger partial charge in [-0.1, -0.05) is 30.3 Å². The van der Waals surface area contributed by atoms with Gasteiger partial charge in [0.15, 0.2) is 5.78 Å². The van der Waals surface area contributed by atoms with Crippen LogP contribution in [0, 0.1) is 0 Å². The lowest BCUT2D eigenvalue weighted by atomic mass is 10.0. The summed E-state index contributed by atoms with van der Waals surface area (Å²) in [6.45, 7) is 3.38. The van der Waals surface area contributed by atoms with Crippen molar-refractivity contribution in [2.24, 2.45) is 5.73 Å². The number of ketones is 1. The van der Waals surface area contributed by atoms with Crippen molar-refractivity contribution in [3.8, 4) is 0 Å². The highest BCUT2D eigenvalue weighted by molar-refractivity contribution is 5.91. The van der Waals surface area contributed by atoms with E-state index in [0.717, 1.165) is 18.4 Å². The zero-order valence-corrected chi connectivity index (χ0v) is 14.4. The number of benzene rings is 1. The molecule has 2 atom stereocenters. The third kappa shape index (κ3) is 7.37. The largest absolute Gasteiger partial charge is 0.345 e. The van der Waals surface area contributed by atoms with Gasteiger partial charge in [0.05, 0.1) is 6.04 Å². The SMILES string of the molecule is CC(=O)N[C@H](Cc1ccccc1)C(=O)NC(CCCCN)C(C)=O. The Morgan fingerprint density at radius 2 is 1.67 bits per heavy atom. The number of unbranched alkanes of at least 4 members (excludes halogenated alkanes) is 1. The molecule has 0 bridgehead atoms. The van der Waals surface area contributed by atoms with E-state index in [1.54, 1.807) is 0 Å². The molecule has 0 spiro atoms. The van der Waals surface area contributed by atoms with Crippen molar-refractivity contribution < 1.29 is 14.4 Å². The van der Waals surface area contributed by atoms with Crippen LogP contribution >= 0.6 is 0 Å². The van der Waals surface area contributed by atoms with Crippen LogP contribution in [-0.4, -0.2) is 36.2 Å². The van der Waals surface area contributed by atoms with Gasteiger partial charge in [0, 0.05) is 13.3 Å². The van der Waals surface area contributed by atoms with E-state index in [4.69, 9.17) is 5.73 Å². The molecule has 0 aromatic heterocycles. The molecule has 0 radical (unpaired) electrons. The summed E-state index contributed by atoms with van der Waals surface area (Å²) >= 11 is 0. The highest BCUT2D eigenvalue weighted by atomic mass is 16.2. The number of Topliss-reactive ketones (excluding diaryl/α,β-unsaturated/α-hetero) is 1. The van der Waals surface area contributed by atoms with Gasteiger partial charge in [0.1, 0.15) is 6.04 Å². The Hall–Kier alpha value is -2.21. The third-order valence-electron chi connectivity index (χ3n) is 3.73. The Labute approximate surface area is 143 Å². The second-order valence-electron chi connectivity index (χ2n) is 5.90. The number of hydrogen-bond donors (Lipinski definition) is 3. The molecule has 0 fully saturated rings. The van der Waals surface area contributed by atoms with E-state index in [9.17, 15) is 14.4 Å². The standard InChI is InChI=1S/C18H27N3O3/c1-13(22)16(10-6-7-11-19)21-18(24)17(20-14(2)23)12-15-8-4-3-5-9-15/h3-5,8-9,16-17H,6-7,10-12,19H2,1-2H3,(H,20,23)(H,21,24)/t16?,17-/m1/s1. The number of carbonyl (C=O) groups excluding carboxylic acids is 3. The lowest BCUT2D eigenvalue weighted by Crippen LogP contribution is -2.51. The maximum absolute atomic E-state index is 12.5. The van der Waals surface area contributed by atoms with Crippen LogP contribution in [0.3, 0.4) is 0 Å². The van der Waals surface area contributed by atoms with Gasteiger partial charge < -0.3 is 16.4 Å². The van der Waals surface area contributed by atoms with Crippen molar-refractivity contribution in [1.29, 1.82) is 0 Å². The molecule has 4 N–H and O–H groups in total. The molecule has 2 amide bonds.